The third-order valence-corrected chi connectivity index (χ3v) is 12.5. The van der Waals surface area contributed by atoms with Gasteiger partial charge in [-0.2, -0.15) is 0 Å². The maximum absolute atomic E-state index is 6.50. The van der Waals surface area contributed by atoms with E-state index < -0.39 is 16.9 Å². The average Bonchev–Trinajstić information content (AvgIpc) is 2.55. The van der Waals surface area contributed by atoms with E-state index >= 15 is 0 Å². The Hall–Kier alpha value is -0.946. The van der Waals surface area contributed by atoms with E-state index in [0.717, 1.165) is 24.9 Å². The van der Waals surface area contributed by atoms with Gasteiger partial charge in [-0.3, -0.25) is 0 Å². The molecule has 1 unspecified atom stereocenters. The maximum Gasteiger partial charge on any atom is 0.324 e. The van der Waals surface area contributed by atoms with Crippen LogP contribution in [-0.4, -0.2) is 24.0 Å². The highest BCUT2D eigenvalue weighted by molar-refractivity contribution is 6.82. The Morgan fingerprint density at radius 2 is 1.44 bits per heavy atom. The Bertz CT molecular complexity index is 638. The van der Waals surface area contributed by atoms with Gasteiger partial charge in [0.15, 0.2) is 8.32 Å². The van der Waals surface area contributed by atoms with Crippen molar-refractivity contribution in [1.29, 1.82) is 0 Å². The lowest BCUT2D eigenvalue weighted by Gasteiger charge is -2.34. The molecule has 0 fully saturated rings. The van der Waals surface area contributed by atoms with Crippen molar-refractivity contribution in [2.45, 2.75) is 81.2 Å². The van der Waals surface area contributed by atoms with Gasteiger partial charge in [-0.15, -0.1) is 0 Å². The maximum atomic E-state index is 6.50. The van der Waals surface area contributed by atoms with Crippen molar-refractivity contribution < 1.29 is 8.54 Å². The topological polar surface area (TPSA) is 18.5 Å². The van der Waals surface area contributed by atoms with E-state index in [1.165, 1.54) is 16.3 Å². The third kappa shape index (κ3) is 8.73. The van der Waals surface area contributed by atoms with Crippen LogP contribution in [0.4, 0.5) is 0 Å². The van der Waals surface area contributed by atoms with Crippen LogP contribution in [0.5, 0.6) is 0 Å². The minimum absolute atomic E-state index is 0. The van der Waals surface area contributed by atoms with Gasteiger partial charge in [-0.25, -0.2) is 0 Å². The second-order valence-corrected chi connectivity index (χ2v) is 15.3. The van der Waals surface area contributed by atoms with Crippen LogP contribution in [0.1, 0.15) is 48.6 Å². The van der Waals surface area contributed by atoms with Crippen LogP contribution in [0.3, 0.4) is 0 Å². The molecule has 158 valence electrons. The van der Waals surface area contributed by atoms with E-state index in [-0.39, 0.29) is 29.7 Å². The summed E-state index contributed by atoms with van der Waals surface area (Å²) in [5, 5.41) is 2.70. The summed E-state index contributed by atoms with van der Waals surface area (Å²) < 4.78 is 12.4. The van der Waals surface area contributed by atoms with Gasteiger partial charge in [-0.1, -0.05) is 79.1 Å². The zero-order valence-electron chi connectivity index (χ0n) is 15.2. The molecule has 4 heteroatoms. The number of rotatable bonds is 8. The fourth-order valence-corrected chi connectivity index (χ4v) is 9.98. The minimum Gasteiger partial charge on any atom is -0.436 e. The van der Waals surface area contributed by atoms with E-state index in [1.807, 2.05) is 7.11 Å². The largest absolute Gasteiger partial charge is 0.436 e. The Labute approximate surface area is 172 Å². The van der Waals surface area contributed by atoms with Crippen molar-refractivity contribution >= 4 is 27.7 Å². The fraction of sp³-hybridized carbons (Fsp3) is 0.565. The lowest BCUT2D eigenvalue weighted by Crippen LogP contribution is -2.47. The van der Waals surface area contributed by atoms with E-state index in [2.05, 4.69) is 69.0 Å². The first-order valence-corrected chi connectivity index (χ1v) is 14.2. The van der Waals surface area contributed by atoms with Crippen LogP contribution >= 0.6 is 0 Å². The molecule has 0 radical (unpaired) electrons. The van der Waals surface area contributed by atoms with Gasteiger partial charge >= 0.3 is 8.56 Å². The van der Waals surface area contributed by atoms with Gasteiger partial charge in [-0.05, 0) is 60.9 Å². The van der Waals surface area contributed by atoms with Crippen LogP contribution < -0.4 is 0 Å². The molecule has 0 bridgehead atoms. The highest BCUT2D eigenvalue weighted by atomic mass is 28.4. The number of fused-ring (bicyclic) bond motifs is 1. The average molecular weight is 411 g/mol. The highest BCUT2D eigenvalue weighted by Gasteiger charge is 2.36. The monoisotopic (exact) mass is 410 g/mol. The van der Waals surface area contributed by atoms with Gasteiger partial charge in [0, 0.05) is 7.11 Å². The quantitative estimate of drug-likeness (QED) is 0.407. The van der Waals surface area contributed by atoms with Crippen molar-refractivity contribution in [3.8, 4) is 0 Å². The summed E-state index contributed by atoms with van der Waals surface area (Å²) in [5.74, 6) is 0. The third-order valence-electron chi connectivity index (χ3n) is 4.73. The van der Waals surface area contributed by atoms with E-state index in [9.17, 15) is 0 Å². The van der Waals surface area contributed by atoms with Crippen molar-refractivity contribution in [2.75, 3.05) is 7.11 Å². The van der Waals surface area contributed by atoms with E-state index in [0.29, 0.717) is 0 Å². The van der Waals surface area contributed by atoms with E-state index in [1.54, 1.807) is 0 Å². The van der Waals surface area contributed by atoms with Crippen LogP contribution in [0.2, 0.25) is 31.7 Å². The van der Waals surface area contributed by atoms with Crippen molar-refractivity contribution in [2.24, 2.45) is 0 Å². The molecule has 0 saturated carbocycles. The summed E-state index contributed by atoms with van der Waals surface area (Å²) in [5.41, 5.74) is 1.43. The molecule has 2 rings (SSSR count). The second kappa shape index (κ2) is 13.3. The SMILES string of the molecule is C.C.C.C.CC[Si](C)(C)O[Si](C)(CCCc1cccc2ccccc12)OC. The molecule has 0 aliphatic heterocycles. The van der Waals surface area contributed by atoms with Crippen LogP contribution in [-0.2, 0) is 15.0 Å². The van der Waals surface area contributed by atoms with Gasteiger partial charge < -0.3 is 8.54 Å². The lowest BCUT2D eigenvalue weighted by atomic mass is 10.0. The molecule has 0 heterocycles. The number of hydrogen-bond donors (Lipinski definition) is 0. The minimum atomic E-state index is -2.04. The summed E-state index contributed by atoms with van der Waals surface area (Å²) in [4.78, 5) is 0. The Morgan fingerprint density at radius 1 is 0.852 bits per heavy atom. The smallest absolute Gasteiger partial charge is 0.324 e. The normalized spacial score (nSPS) is 12.6. The molecule has 0 amide bonds. The first-order chi connectivity index (χ1) is 10.9. The molecule has 0 saturated heterocycles. The number of benzene rings is 2. The highest BCUT2D eigenvalue weighted by Crippen LogP contribution is 2.25. The van der Waals surface area contributed by atoms with Crippen LogP contribution in [0.25, 0.3) is 10.8 Å². The molecule has 2 nitrogen and oxygen atoms in total. The van der Waals surface area contributed by atoms with Crippen molar-refractivity contribution in [3.05, 3.63) is 48.0 Å². The summed E-state index contributed by atoms with van der Waals surface area (Å²) in [6.45, 7) is 9.04. The molecule has 1 atom stereocenters. The number of hydrogen-bond acceptors (Lipinski definition) is 2. The fourth-order valence-electron chi connectivity index (χ4n) is 2.96. The molecular formula is C23H46O2Si2. The first-order valence-electron chi connectivity index (χ1n) is 8.61. The summed E-state index contributed by atoms with van der Waals surface area (Å²) in [6, 6.07) is 17.4. The Balaban J connectivity index is -0.00000144. The van der Waals surface area contributed by atoms with Crippen LogP contribution in [0.15, 0.2) is 42.5 Å². The Morgan fingerprint density at radius 3 is 2.04 bits per heavy atom. The van der Waals surface area contributed by atoms with Gasteiger partial charge in [0.05, 0.1) is 0 Å². The zero-order valence-corrected chi connectivity index (χ0v) is 17.2. The molecule has 2 aromatic rings. The molecule has 27 heavy (non-hydrogen) atoms. The van der Waals surface area contributed by atoms with Crippen LogP contribution in [0, 0.1) is 0 Å². The molecule has 0 spiro atoms. The number of aryl methyl sites for hydroxylation is 1. The zero-order chi connectivity index (χ0) is 16.9. The molecular weight excluding hydrogens is 364 g/mol. The van der Waals surface area contributed by atoms with E-state index in [4.69, 9.17) is 8.54 Å². The molecule has 0 aliphatic rings. The summed E-state index contributed by atoms with van der Waals surface area (Å²) >= 11 is 0. The predicted octanol–water partition coefficient (Wildman–Crippen LogP) is 8.28. The Kier molecular flexibility index (Phi) is 15.1. The summed E-state index contributed by atoms with van der Waals surface area (Å²) in [6.07, 6.45) is 2.21. The second-order valence-electron chi connectivity index (χ2n) is 7.05. The molecule has 2 aromatic carbocycles. The van der Waals surface area contributed by atoms with Crippen molar-refractivity contribution in [3.63, 3.8) is 0 Å². The van der Waals surface area contributed by atoms with Gasteiger partial charge in [0.1, 0.15) is 0 Å². The molecule has 0 N–H and O–H groups in total. The van der Waals surface area contributed by atoms with Crippen molar-refractivity contribution in [1.82, 2.24) is 0 Å². The first kappa shape index (κ1) is 30.8. The molecule has 0 aliphatic carbocycles. The van der Waals surface area contributed by atoms with Gasteiger partial charge in [0.2, 0.25) is 0 Å². The summed E-state index contributed by atoms with van der Waals surface area (Å²) in [7, 11) is -1.79. The molecule has 0 aromatic heterocycles. The van der Waals surface area contributed by atoms with Gasteiger partial charge in [0.25, 0.3) is 0 Å². The predicted molar refractivity (Wildman–Crippen MR) is 132 cm³/mol. The lowest BCUT2D eigenvalue weighted by molar-refractivity contribution is 0.300. The standard InChI is InChI=1S/C19H30O2Si2.4CH4/c1-6-22(3,4)21-23(5,20-2)16-10-14-18-13-9-12-17-11-7-8-15-19(17)18;;;;/h7-9,11-13,15H,6,10,14,16H2,1-5H3;4*1H4.